The van der Waals surface area contributed by atoms with Crippen molar-refractivity contribution >= 4 is 146 Å². The zero-order chi connectivity index (χ0) is 108. The van der Waals surface area contributed by atoms with Crippen molar-refractivity contribution in [2.75, 3.05) is 19.9 Å². The van der Waals surface area contributed by atoms with Crippen LogP contribution < -0.4 is 39.1 Å². The summed E-state index contributed by atoms with van der Waals surface area (Å²) < 4.78 is 216. The lowest BCUT2D eigenvalue weighted by Gasteiger charge is -2.24. The number of aryl methyl sites for hydroxylation is 3. The SMILES string of the molecule is CCc1cc(-c2ccccc2)cc(S(=O)(=O)c2ccc(CN)s2)c1.CCc1cc(-c2ccccc2)cc(S(=O)(=O)c2cnc(CN)s2)c1.COc1cc(-c2ccccc2)cc(S(=O)(=O)c2ccc(CN)s2)c1.Cc1ccc(-c2cc(S(C)(=O)=O)cc(S(=O)(=O)c3cnc(CN)s3)c2)cc1.Cn1c(S(=O)(=O)c2ccc3ccccc3c2)cnc1CN.NCc1ccc(S(=O)(=O)c2cccc(S(=O)(=O)N3CCCC3c3ccccc3)c2)s1. The molecule has 41 heteroatoms. The Morgan fingerprint density at radius 3 is 1.15 bits per heavy atom. The molecule has 12 N–H and O–H groups in total. The standard InChI is InChI=1S/C21H22N2O4S3.C19H19NO2S2.C18H18N2O4S3.C18H18N2O2S2.C18H17NO3S2.C15H15N3O2S/c22-15-17-11-12-21(28-17)29(24,25)18-8-4-9-19(14-18)30(26,27)23-13-5-10-20(23)16-6-2-1-3-7-16;1-2-14-10-16(15-6-4-3-5-7-15)12-18(11-14)24(21,22)19-9-8-17(13-20)23-19;1-12-3-5-13(6-4-12)14-7-15(26(2,21)22)9-16(8-14)27(23,24)18-11-20-17(10-19)25-18;1-2-13-8-15(14-6-4-3-5-7-14)10-16(9-13)24(21,22)18-12-20-17(11-19)23-18;1-22-15-9-14(13-5-3-2-4-6-13)10-17(11-15)24(20,21)18-8-7-16(12-19)23-18;1-18-14(9-16)17-10-15(18)21(19,20)13-7-6-11-4-2-3-5-12(11)8-13/h1-4,6-9,11-12,14,20H,5,10,13,15,22H2;3-12H,2,13,20H2,1H3;3-9,11H,10,19H2,1-2H3;3-10,12H,2,11,19H2,1H3;2-11H,12,19H2,1H3;2-8,10H,9,16H2,1H3. The van der Waals surface area contributed by atoms with Crippen LogP contribution in [-0.4, -0.2) is 111 Å². The van der Waals surface area contributed by atoms with Crippen molar-refractivity contribution in [1.29, 1.82) is 0 Å². The smallest absolute Gasteiger partial charge is 0.243 e. The molecule has 28 nitrogen and oxygen atoms in total. The Balaban J connectivity index is 0.000000142. The number of hydrogen-bond donors (Lipinski definition) is 6. The summed E-state index contributed by atoms with van der Waals surface area (Å²) in [5, 5.41) is 3.15. The van der Waals surface area contributed by atoms with Crippen LogP contribution in [0.3, 0.4) is 0 Å². The Labute approximate surface area is 895 Å². The fourth-order valence-corrected chi connectivity index (χ4v) is 33.1. The van der Waals surface area contributed by atoms with Crippen LogP contribution in [0.2, 0.25) is 0 Å². The summed E-state index contributed by atoms with van der Waals surface area (Å²) in [5.74, 6) is 1.04. The number of sulfone groups is 7. The Kier molecular flexibility index (Phi) is 37.2. The van der Waals surface area contributed by atoms with Gasteiger partial charge in [-0.15, -0.1) is 56.7 Å². The van der Waals surface area contributed by atoms with E-state index in [4.69, 9.17) is 39.1 Å². The lowest BCUT2D eigenvalue weighted by atomic mass is 10.0. The van der Waals surface area contributed by atoms with E-state index in [1.165, 1.54) is 106 Å². The summed E-state index contributed by atoms with van der Waals surface area (Å²) in [5.41, 5.74) is 44.2. The molecule has 150 heavy (non-hydrogen) atoms. The zero-order valence-electron chi connectivity index (χ0n) is 82.1. The average Bonchev–Trinajstić information content (AvgIpc) is 1.54. The minimum atomic E-state index is -3.91. The fourth-order valence-electron chi connectivity index (χ4n) is 15.9. The predicted molar refractivity (Wildman–Crippen MR) is 594 cm³/mol. The number of benzene rings is 12. The highest BCUT2D eigenvalue weighted by Crippen LogP contribution is 2.42. The molecule has 1 aliphatic heterocycles. The summed E-state index contributed by atoms with van der Waals surface area (Å²) in [6.07, 6.45) is 8.08. The first-order valence-corrected chi connectivity index (χ1v) is 63.0. The molecule has 780 valence electrons. The molecule has 12 aromatic carbocycles. The third-order valence-corrected chi connectivity index (χ3v) is 45.3. The van der Waals surface area contributed by atoms with E-state index >= 15 is 0 Å². The molecule has 1 fully saturated rings. The van der Waals surface area contributed by atoms with Crippen molar-refractivity contribution in [3.63, 3.8) is 0 Å². The van der Waals surface area contributed by atoms with E-state index < -0.39 is 78.9 Å². The lowest BCUT2D eigenvalue weighted by molar-refractivity contribution is 0.396. The average molecular weight is 2260 g/mol. The van der Waals surface area contributed by atoms with E-state index in [2.05, 4.69) is 15.0 Å². The van der Waals surface area contributed by atoms with Gasteiger partial charge in [0.2, 0.25) is 69.0 Å². The van der Waals surface area contributed by atoms with Gasteiger partial charge in [0.25, 0.3) is 0 Å². The van der Waals surface area contributed by atoms with Crippen molar-refractivity contribution in [3.8, 4) is 50.3 Å². The number of thiophene rings is 3. The fraction of sp³-hybridized carbons (Fsp3) is 0.165. The third kappa shape index (κ3) is 26.6. The number of rotatable bonds is 29. The topological polar surface area (TPSA) is 485 Å². The first-order chi connectivity index (χ1) is 71.6. The maximum atomic E-state index is 13.4. The van der Waals surface area contributed by atoms with Gasteiger partial charge in [-0.25, -0.2) is 82.3 Å². The number of imidazole rings is 1. The van der Waals surface area contributed by atoms with Gasteiger partial charge in [0, 0.05) is 67.2 Å². The molecule has 0 spiro atoms. The predicted octanol–water partition coefficient (Wildman–Crippen LogP) is 19.9. The maximum Gasteiger partial charge on any atom is 0.243 e. The van der Waals surface area contributed by atoms with Crippen molar-refractivity contribution in [1.82, 2.24) is 23.8 Å². The lowest BCUT2D eigenvalue weighted by Crippen LogP contribution is -2.30. The van der Waals surface area contributed by atoms with Gasteiger partial charge < -0.3 is 43.7 Å². The van der Waals surface area contributed by atoms with Gasteiger partial charge in [-0.3, -0.25) is 0 Å². The Hall–Kier alpha value is -12.4. The van der Waals surface area contributed by atoms with Gasteiger partial charge in [0.05, 0.1) is 77.5 Å². The van der Waals surface area contributed by atoms with Crippen LogP contribution >= 0.6 is 56.7 Å². The number of hydrogen-bond acceptors (Lipinski definition) is 31. The van der Waals surface area contributed by atoms with E-state index in [0.717, 1.165) is 153 Å². The molecule has 1 aliphatic rings. The molecule has 6 aromatic heterocycles. The molecule has 18 aromatic rings. The zero-order valence-corrected chi connectivity index (χ0v) is 92.7. The molecule has 0 aliphatic carbocycles. The summed E-state index contributed by atoms with van der Waals surface area (Å²) in [4.78, 5) is 15.5. The van der Waals surface area contributed by atoms with Crippen molar-refractivity contribution in [2.45, 2.75) is 157 Å². The molecule has 0 radical (unpaired) electrons. The van der Waals surface area contributed by atoms with Crippen LogP contribution in [0.25, 0.3) is 55.3 Å². The first-order valence-electron chi connectivity index (χ1n) is 46.7. The molecule has 19 rings (SSSR count). The molecule has 0 saturated carbocycles. The van der Waals surface area contributed by atoms with E-state index in [-0.39, 0.29) is 83.5 Å². The van der Waals surface area contributed by atoms with Gasteiger partial charge >= 0.3 is 0 Å². The molecule has 1 atom stereocenters. The highest BCUT2D eigenvalue weighted by molar-refractivity contribution is 7.95. The molecule has 0 bridgehead atoms. The van der Waals surface area contributed by atoms with Gasteiger partial charge in [-0.05, 0) is 232 Å². The van der Waals surface area contributed by atoms with Crippen LogP contribution in [0, 0.1) is 6.92 Å². The minimum Gasteiger partial charge on any atom is -0.497 e. The first kappa shape index (κ1) is 113. The van der Waals surface area contributed by atoms with E-state index in [0.29, 0.717) is 60.8 Å². The molecule has 7 heterocycles. The molecular weight excluding hydrogens is 2150 g/mol. The maximum absolute atomic E-state index is 13.4. The Morgan fingerprint density at radius 2 is 0.727 bits per heavy atom. The number of sulfonamides is 1. The third-order valence-electron chi connectivity index (χ3n) is 24.0. The van der Waals surface area contributed by atoms with Gasteiger partial charge in [0.1, 0.15) is 42.6 Å². The number of nitrogens with zero attached hydrogens (tertiary/aromatic N) is 5. The second-order valence-corrected chi connectivity index (χ2v) is 56.5. The van der Waals surface area contributed by atoms with Crippen LogP contribution in [0.15, 0.2) is 405 Å². The number of ether oxygens (including phenoxy) is 1. The Morgan fingerprint density at radius 1 is 0.333 bits per heavy atom. The van der Waals surface area contributed by atoms with Gasteiger partial charge in [0.15, 0.2) is 14.9 Å². The summed E-state index contributed by atoms with van der Waals surface area (Å²) in [6.45, 7) is 7.89. The molecule has 1 unspecified atom stereocenters. The Bertz CT molecular complexity index is 8460. The quantitative estimate of drug-likeness (QED) is 0.0253. The monoisotopic (exact) mass is 2260 g/mol. The number of aromatic nitrogens is 4. The van der Waals surface area contributed by atoms with Gasteiger partial charge in [-0.1, -0.05) is 214 Å². The highest BCUT2D eigenvalue weighted by Gasteiger charge is 2.38. The van der Waals surface area contributed by atoms with E-state index in [1.807, 2.05) is 215 Å². The normalized spacial score (nSPS) is 13.0. The van der Waals surface area contributed by atoms with Gasteiger partial charge in [-0.2, -0.15) is 4.31 Å². The molecule has 0 amide bonds. The summed E-state index contributed by atoms with van der Waals surface area (Å²) in [6, 6.07) is 94.5. The van der Waals surface area contributed by atoms with Crippen LogP contribution in [-0.2, 0) is 138 Å². The van der Waals surface area contributed by atoms with Crippen molar-refractivity contribution in [3.05, 3.63) is 393 Å². The molecule has 1 saturated heterocycles. The second-order valence-electron chi connectivity index (χ2n) is 34.1. The number of nitrogens with two attached hydrogens (primary N) is 6. The van der Waals surface area contributed by atoms with Crippen LogP contribution in [0.4, 0.5) is 0 Å². The minimum absolute atomic E-state index is 0.0120. The van der Waals surface area contributed by atoms with Crippen LogP contribution in [0.1, 0.15) is 85.5 Å². The van der Waals surface area contributed by atoms with Crippen LogP contribution in [0.5, 0.6) is 5.75 Å². The van der Waals surface area contributed by atoms with Crippen molar-refractivity contribution in [2.24, 2.45) is 41.4 Å². The molecular formula is C109H109N11O17S13. The summed E-state index contributed by atoms with van der Waals surface area (Å²) in [7, 11) is -26.3. The van der Waals surface area contributed by atoms with E-state index in [9.17, 15) is 67.3 Å². The second kappa shape index (κ2) is 49.3. The summed E-state index contributed by atoms with van der Waals surface area (Å²) >= 11 is 5.63. The number of methoxy groups -OCH3 is 1. The van der Waals surface area contributed by atoms with Crippen molar-refractivity contribution < 1.29 is 72.1 Å². The largest absolute Gasteiger partial charge is 0.497 e. The van der Waals surface area contributed by atoms with E-state index in [1.54, 1.807) is 85.9 Å². The number of fused-ring (bicyclic) bond motifs is 1. The number of thiazole rings is 2. The highest BCUT2D eigenvalue weighted by atomic mass is 32.3.